The Morgan fingerprint density at radius 2 is 2.22 bits per heavy atom. The predicted molar refractivity (Wildman–Crippen MR) is 99.2 cm³/mol. The number of hydrogen-bond acceptors (Lipinski definition) is 6. The van der Waals surface area contributed by atoms with Gasteiger partial charge < -0.3 is 20.5 Å². The van der Waals surface area contributed by atoms with E-state index >= 15 is 4.39 Å². The number of ether oxygens (including phenoxy) is 1. The predicted octanol–water partition coefficient (Wildman–Crippen LogP) is 0.759. The maximum absolute atomic E-state index is 15.0. The SMILES string of the molecule is CN1COc2c(N3CC(Cl)C(CN)C3)c(F)cc3c(=O)c(C(=O)O)cn1c23. The van der Waals surface area contributed by atoms with Gasteiger partial charge in [-0.15, -0.1) is 11.6 Å². The molecule has 1 aromatic carbocycles. The zero-order valence-electron chi connectivity index (χ0n) is 14.5. The number of aromatic nitrogens is 1. The Bertz CT molecular complexity index is 1010. The molecule has 1 saturated heterocycles. The normalized spacial score (nSPS) is 21.6. The molecule has 2 aliphatic heterocycles. The van der Waals surface area contributed by atoms with Gasteiger partial charge in [0.25, 0.3) is 0 Å². The van der Waals surface area contributed by atoms with E-state index in [0.717, 1.165) is 6.07 Å². The number of rotatable bonds is 3. The zero-order chi connectivity index (χ0) is 19.5. The van der Waals surface area contributed by atoms with Crippen LogP contribution in [0.3, 0.4) is 0 Å². The molecule has 0 bridgehead atoms. The molecule has 0 aliphatic carbocycles. The van der Waals surface area contributed by atoms with Crippen LogP contribution in [0, 0.1) is 11.7 Å². The lowest BCUT2D eigenvalue weighted by Gasteiger charge is -2.33. The van der Waals surface area contributed by atoms with Crippen LogP contribution in [-0.4, -0.2) is 54.5 Å². The molecule has 4 rings (SSSR count). The maximum atomic E-state index is 15.0. The van der Waals surface area contributed by atoms with E-state index in [2.05, 4.69) is 0 Å². The van der Waals surface area contributed by atoms with Crippen molar-refractivity contribution in [1.29, 1.82) is 0 Å². The molecular weight excluding hydrogens is 379 g/mol. The van der Waals surface area contributed by atoms with Gasteiger partial charge in [-0.2, -0.15) is 0 Å². The van der Waals surface area contributed by atoms with Crippen LogP contribution < -0.4 is 25.8 Å². The molecule has 0 spiro atoms. The highest BCUT2D eigenvalue weighted by Crippen LogP contribution is 2.42. The molecule has 2 aromatic rings. The van der Waals surface area contributed by atoms with E-state index < -0.39 is 22.8 Å². The van der Waals surface area contributed by atoms with Gasteiger partial charge in [0.2, 0.25) is 5.43 Å². The number of carboxylic acids is 1. The van der Waals surface area contributed by atoms with Crippen LogP contribution in [0.5, 0.6) is 5.75 Å². The number of nitrogens with zero attached hydrogens (tertiary/aromatic N) is 3. The van der Waals surface area contributed by atoms with E-state index in [9.17, 15) is 14.7 Å². The second kappa shape index (κ2) is 6.28. The van der Waals surface area contributed by atoms with Gasteiger partial charge in [0.05, 0.1) is 10.8 Å². The highest BCUT2D eigenvalue weighted by atomic mass is 35.5. The lowest BCUT2D eigenvalue weighted by Crippen LogP contribution is -2.40. The Kier molecular flexibility index (Phi) is 4.15. The number of nitrogens with two attached hydrogens (primary N) is 1. The third kappa shape index (κ3) is 2.61. The second-order valence-corrected chi connectivity index (χ2v) is 7.36. The van der Waals surface area contributed by atoms with Crippen LogP contribution >= 0.6 is 11.6 Å². The molecule has 2 atom stereocenters. The summed E-state index contributed by atoms with van der Waals surface area (Å²) < 4.78 is 22.3. The topological polar surface area (TPSA) is 101 Å². The van der Waals surface area contributed by atoms with Gasteiger partial charge in [-0.3, -0.25) is 14.5 Å². The first-order valence-corrected chi connectivity index (χ1v) is 8.85. The third-order valence-corrected chi connectivity index (χ3v) is 5.62. The van der Waals surface area contributed by atoms with E-state index in [1.807, 2.05) is 0 Å². The van der Waals surface area contributed by atoms with Crippen molar-refractivity contribution < 1.29 is 19.0 Å². The summed E-state index contributed by atoms with van der Waals surface area (Å²) in [5, 5.41) is 10.6. The Morgan fingerprint density at radius 1 is 1.48 bits per heavy atom. The van der Waals surface area contributed by atoms with Gasteiger partial charge in [-0.05, 0) is 12.6 Å². The Hall–Kier alpha value is -2.52. The molecule has 27 heavy (non-hydrogen) atoms. The first-order chi connectivity index (χ1) is 12.8. The molecule has 10 heteroatoms. The number of carboxylic acid groups (broad SMARTS) is 1. The summed E-state index contributed by atoms with van der Waals surface area (Å²) in [6, 6.07) is 1.07. The minimum absolute atomic E-state index is 0.0109. The van der Waals surface area contributed by atoms with Crippen molar-refractivity contribution in [1.82, 2.24) is 4.68 Å². The molecule has 1 aromatic heterocycles. The van der Waals surface area contributed by atoms with Crippen molar-refractivity contribution in [3.63, 3.8) is 0 Å². The van der Waals surface area contributed by atoms with E-state index in [4.69, 9.17) is 22.1 Å². The van der Waals surface area contributed by atoms with Gasteiger partial charge in [-0.1, -0.05) is 0 Å². The smallest absolute Gasteiger partial charge is 0.341 e. The summed E-state index contributed by atoms with van der Waals surface area (Å²) in [6.45, 7) is 1.32. The van der Waals surface area contributed by atoms with E-state index in [1.54, 1.807) is 17.0 Å². The average molecular weight is 397 g/mol. The fourth-order valence-electron chi connectivity index (χ4n) is 3.71. The number of carbonyl (C=O) groups is 1. The van der Waals surface area contributed by atoms with Crippen molar-refractivity contribution in [3.8, 4) is 5.75 Å². The molecule has 144 valence electrons. The third-order valence-electron chi connectivity index (χ3n) is 5.13. The molecule has 0 amide bonds. The average Bonchev–Trinajstić information content (AvgIpc) is 2.99. The quantitative estimate of drug-likeness (QED) is 0.738. The highest BCUT2D eigenvalue weighted by Gasteiger charge is 2.36. The Morgan fingerprint density at radius 3 is 2.85 bits per heavy atom. The minimum Gasteiger partial charge on any atom is -0.477 e. The van der Waals surface area contributed by atoms with E-state index in [-0.39, 0.29) is 34.8 Å². The van der Waals surface area contributed by atoms with Crippen molar-refractivity contribution in [3.05, 3.63) is 33.9 Å². The van der Waals surface area contributed by atoms with Crippen molar-refractivity contribution in [2.75, 3.05) is 43.3 Å². The Labute approximate surface area is 158 Å². The van der Waals surface area contributed by atoms with Gasteiger partial charge in [-0.25, -0.2) is 9.18 Å². The number of alkyl halides is 1. The standard InChI is InChI=1S/C17H18ClFN4O4/c1-21-7-27-16-13-9(15(24)10(17(25)26)5-23(13)21)2-12(19)14(16)22-4-8(3-20)11(18)6-22/h2,5,8,11H,3-4,6-7,20H2,1H3,(H,25,26). The largest absolute Gasteiger partial charge is 0.477 e. The van der Waals surface area contributed by atoms with Gasteiger partial charge >= 0.3 is 5.97 Å². The number of hydrogen-bond donors (Lipinski definition) is 2. The molecule has 3 N–H and O–H groups in total. The molecule has 2 aliphatic rings. The number of anilines is 1. The molecule has 8 nitrogen and oxygen atoms in total. The van der Waals surface area contributed by atoms with Crippen LogP contribution in [0.15, 0.2) is 17.1 Å². The van der Waals surface area contributed by atoms with E-state index in [0.29, 0.717) is 25.2 Å². The maximum Gasteiger partial charge on any atom is 0.341 e. The first-order valence-electron chi connectivity index (χ1n) is 8.42. The second-order valence-electron chi connectivity index (χ2n) is 6.80. The van der Waals surface area contributed by atoms with Crippen molar-refractivity contribution in [2.45, 2.75) is 5.38 Å². The van der Waals surface area contributed by atoms with Crippen LogP contribution in [0.2, 0.25) is 0 Å². The van der Waals surface area contributed by atoms with Gasteiger partial charge in [0.15, 0.2) is 18.3 Å². The van der Waals surface area contributed by atoms with Crippen molar-refractivity contribution >= 4 is 34.2 Å². The van der Waals surface area contributed by atoms with Gasteiger partial charge in [0.1, 0.15) is 16.8 Å². The lowest BCUT2D eigenvalue weighted by molar-refractivity contribution is 0.0694. The van der Waals surface area contributed by atoms with Crippen LogP contribution in [0.25, 0.3) is 10.9 Å². The highest BCUT2D eigenvalue weighted by molar-refractivity contribution is 6.21. The molecule has 3 heterocycles. The summed E-state index contributed by atoms with van der Waals surface area (Å²) in [5.74, 6) is -1.81. The number of benzene rings is 1. The zero-order valence-corrected chi connectivity index (χ0v) is 15.2. The molecule has 2 unspecified atom stereocenters. The number of halogens is 2. The fourth-order valence-corrected chi connectivity index (χ4v) is 4.06. The fraction of sp³-hybridized carbons (Fsp3) is 0.412. The monoisotopic (exact) mass is 396 g/mol. The lowest BCUT2D eigenvalue weighted by atomic mass is 10.1. The summed E-state index contributed by atoms with van der Waals surface area (Å²) in [7, 11) is 1.68. The number of aromatic carboxylic acids is 1. The number of pyridine rings is 1. The Balaban J connectivity index is 2.00. The summed E-state index contributed by atoms with van der Waals surface area (Å²) in [5.41, 5.74) is 5.10. The molecule has 0 radical (unpaired) electrons. The molecule has 0 saturated carbocycles. The van der Waals surface area contributed by atoms with Crippen LogP contribution in [0.4, 0.5) is 10.1 Å². The summed E-state index contributed by atoms with van der Waals surface area (Å²) in [4.78, 5) is 25.8. The summed E-state index contributed by atoms with van der Waals surface area (Å²) >= 11 is 6.32. The summed E-state index contributed by atoms with van der Waals surface area (Å²) in [6.07, 6.45) is 1.23. The van der Waals surface area contributed by atoms with Gasteiger partial charge in [0, 0.05) is 32.3 Å². The van der Waals surface area contributed by atoms with E-state index in [1.165, 1.54) is 10.9 Å². The van der Waals surface area contributed by atoms with Crippen LogP contribution in [-0.2, 0) is 0 Å². The first kappa shape index (κ1) is 17.9. The van der Waals surface area contributed by atoms with Crippen LogP contribution in [0.1, 0.15) is 10.4 Å². The van der Waals surface area contributed by atoms with Crippen molar-refractivity contribution in [2.24, 2.45) is 11.7 Å². The minimum atomic E-state index is -1.37. The molecule has 1 fully saturated rings. The molecular formula is C17H18ClFN4O4.